The van der Waals surface area contributed by atoms with E-state index in [9.17, 15) is 18.3 Å². The van der Waals surface area contributed by atoms with Gasteiger partial charge in [-0.25, -0.2) is 0 Å². The van der Waals surface area contributed by atoms with Gasteiger partial charge in [0.1, 0.15) is 5.75 Å². The third-order valence-electron chi connectivity index (χ3n) is 4.23. The Hall–Kier alpha value is -2.50. The van der Waals surface area contributed by atoms with Gasteiger partial charge >= 0.3 is 6.36 Å². The normalized spacial score (nSPS) is 12.6. The van der Waals surface area contributed by atoms with Crippen molar-refractivity contribution >= 4 is 11.6 Å². The molecular weight excluding hydrogens is 389 g/mol. The van der Waals surface area contributed by atoms with Gasteiger partial charge in [0.15, 0.2) is 0 Å². The Morgan fingerprint density at radius 3 is 1.64 bits per heavy atom. The average molecular weight is 407 g/mol. The van der Waals surface area contributed by atoms with Crippen LogP contribution in [0.1, 0.15) is 11.1 Å². The van der Waals surface area contributed by atoms with Crippen molar-refractivity contribution in [1.82, 2.24) is 0 Å². The van der Waals surface area contributed by atoms with Gasteiger partial charge in [-0.3, -0.25) is 0 Å². The maximum absolute atomic E-state index is 12.2. The molecule has 0 amide bonds. The molecule has 1 atom stereocenters. The minimum atomic E-state index is -4.70. The molecule has 146 valence electrons. The highest BCUT2D eigenvalue weighted by atomic mass is 35.5. The van der Waals surface area contributed by atoms with Gasteiger partial charge in [0.2, 0.25) is 0 Å². The fourth-order valence-corrected chi connectivity index (χ4v) is 3.05. The number of hydrogen-bond donors (Lipinski definition) is 1. The molecule has 1 N–H and O–H groups in total. The molecule has 0 aliphatic carbocycles. The molecule has 3 aromatic carbocycles. The van der Waals surface area contributed by atoms with Crippen molar-refractivity contribution in [3.05, 3.63) is 88.9 Å². The predicted molar refractivity (Wildman–Crippen MR) is 103 cm³/mol. The number of hydrogen-bond acceptors (Lipinski definition) is 2. The summed E-state index contributed by atoms with van der Waals surface area (Å²) in [6.45, 7) is 0. The summed E-state index contributed by atoms with van der Waals surface area (Å²) in [5, 5.41) is 11.0. The van der Waals surface area contributed by atoms with Crippen molar-refractivity contribution < 1.29 is 23.0 Å². The third kappa shape index (κ3) is 6.01. The molecule has 6 heteroatoms. The number of ether oxygens (including phenoxy) is 1. The van der Waals surface area contributed by atoms with Gasteiger partial charge in [-0.2, -0.15) is 0 Å². The summed E-state index contributed by atoms with van der Waals surface area (Å²) in [5.74, 6) is -0.252. The zero-order valence-electron chi connectivity index (χ0n) is 14.8. The Kier molecular flexibility index (Phi) is 6.27. The monoisotopic (exact) mass is 406 g/mol. The second kappa shape index (κ2) is 8.67. The molecule has 0 aliphatic heterocycles. The van der Waals surface area contributed by atoms with Crippen molar-refractivity contribution in [1.29, 1.82) is 0 Å². The molecule has 3 aromatic rings. The average Bonchev–Trinajstić information content (AvgIpc) is 2.64. The molecular formula is C22H18ClF3O2. The van der Waals surface area contributed by atoms with E-state index in [2.05, 4.69) is 4.74 Å². The van der Waals surface area contributed by atoms with Gasteiger partial charge < -0.3 is 9.84 Å². The zero-order chi connectivity index (χ0) is 20.1. The number of aliphatic hydroxyl groups excluding tert-OH is 1. The van der Waals surface area contributed by atoms with Crippen LogP contribution in [0.3, 0.4) is 0 Å². The Morgan fingerprint density at radius 2 is 1.18 bits per heavy atom. The number of rotatable bonds is 6. The summed E-state index contributed by atoms with van der Waals surface area (Å²) in [5.41, 5.74) is 3.63. The van der Waals surface area contributed by atoms with Crippen LogP contribution in [0.15, 0.2) is 72.8 Å². The summed E-state index contributed by atoms with van der Waals surface area (Å²) in [4.78, 5) is 0. The number of halogens is 4. The first-order valence-electron chi connectivity index (χ1n) is 8.66. The van der Waals surface area contributed by atoms with E-state index in [0.29, 0.717) is 17.9 Å². The Balaban J connectivity index is 1.60. The van der Waals surface area contributed by atoms with Crippen molar-refractivity contribution in [2.45, 2.75) is 25.3 Å². The maximum atomic E-state index is 12.2. The van der Waals surface area contributed by atoms with E-state index < -0.39 is 12.5 Å². The van der Waals surface area contributed by atoms with Crippen LogP contribution in [0.4, 0.5) is 13.2 Å². The first kappa shape index (κ1) is 20.2. The van der Waals surface area contributed by atoms with E-state index >= 15 is 0 Å². The lowest BCUT2D eigenvalue weighted by Gasteiger charge is -2.12. The molecule has 0 saturated carbocycles. The van der Waals surface area contributed by atoms with E-state index in [1.54, 1.807) is 24.3 Å². The summed E-state index contributed by atoms with van der Waals surface area (Å²) < 4.78 is 40.5. The van der Waals surface area contributed by atoms with Gasteiger partial charge in [0.25, 0.3) is 0 Å². The topological polar surface area (TPSA) is 29.5 Å². The van der Waals surface area contributed by atoms with Gasteiger partial charge in [-0.15, -0.1) is 13.2 Å². The lowest BCUT2D eigenvalue weighted by molar-refractivity contribution is -0.274. The third-order valence-corrected chi connectivity index (χ3v) is 4.48. The molecule has 0 aliphatic rings. The number of benzene rings is 3. The highest BCUT2D eigenvalue weighted by Gasteiger charge is 2.30. The standard InChI is InChI=1S/C22H18ClF3O2/c23-19-9-3-16(4-10-19)14-20(27)13-15-1-5-17(6-2-15)18-7-11-21(12-8-18)28-22(24,25)26/h1-12,20,27H,13-14H2. The molecule has 0 aromatic heterocycles. The molecule has 28 heavy (non-hydrogen) atoms. The van der Waals surface area contributed by atoms with Crippen molar-refractivity contribution in [3.63, 3.8) is 0 Å². The van der Waals surface area contributed by atoms with E-state index in [1.807, 2.05) is 36.4 Å². The van der Waals surface area contributed by atoms with Crippen LogP contribution in [-0.2, 0) is 12.8 Å². The Bertz CT molecular complexity index is 889. The summed E-state index contributed by atoms with van der Waals surface area (Å²) >= 11 is 5.86. The highest BCUT2D eigenvalue weighted by Crippen LogP contribution is 2.27. The second-order valence-electron chi connectivity index (χ2n) is 6.46. The molecule has 2 nitrogen and oxygen atoms in total. The second-order valence-corrected chi connectivity index (χ2v) is 6.89. The smallest absolute Gasteiger partial charge is 0.406 e. The summed E-state index contributed by atoms with van der Waals surface area (Å²) in [6, 6.07) is 20.7. The minimum absolute atomic E-state index is 0.252. The maximum Gasteiger partial charge on any atom is 0.573 e. The molecule has 3 rings (SSSR count). The van der Waals surface area contributed by atoms with Gasteiger partial charge in [-0.05, 0) is 59.4 Å². The molecule has 0 saturated heterocycles. The van der Waals surface area contributed by atoms with E-state index in [-0.39, 0.29) is 5.75 Å². The molecule has 0 radical (unpaired) electrons. The Morgan fingerprint density at radius 1 is 0.750 bits per heavy atom. The quantitative estimate of drug-likeness (QED) is 0.539. The van der Waals surface area contributed by atoms with Crippen molar-refractivity contribution in [2.24, 2.45) is 0 Å². The van der Waals surface area contributed by atoms with Crippen molar-refractivity contribution in [3.8, 4) is 16.9 Å². The fraction of sp³-hybridized carbons (Fsp3) is 0.182. The first-order chi connectivity index (χ1) is 13.3. The van der Waals surface area contributed by atoms with Gasteiger partial charge in [0, 0.05) is 5.02 Å². The van der Waals surface area contributed by atoms with E-state index in [1.165, 1.54) is 12.1 Å². The fourth-order valence-electron chi connectivity index (χ4n) is 2.92. The van der Waals surface area contributed by atoms with Crippen LogP contribution < -0.4 is 4.74 Å². The lowest BCUT2D eigenvalue weighted by atomic mass is 9.99. The summed E-state index contributed by atoms with van der Waals surface area (Å²) in [6.07, 6.45) is -4.19. The van der Waals surface area contributed by atoms with Gasteiger partial charge in [-0.1, -0.05) is 60.1 Å². The van der Waals surface area contributed by atoms with Crippen LogP contribution in [0.2, 0.25) is 5.02 Å². The molecule has 0 fully saturated rings. The van der Waals surface area contributed by atoms with E-state index in [4.69, 9.17) is 11.6 Å². The molecule has 0 heterocycles. The largest absolute Gasteiger partial charge is 0.573 e. The zero-order valence-corrected chi connectivity index (χ0v) is 15.5. The number of aliphatic hydroxyl groups is 1. The highest BCUT2D eigenvalue weighted by molar-refractivity contribution is 6.30. The van der Waals surface area contributed by atoms with Crippen LogP contribution in [0, 0.1) is 0 Å². The summed E-state index contributed by atoms with van der Waals surface area (Å²) in [7, 11) is 0. The Labute approximate surface area is 166 Å². The lowest BCUT2D eigenvalue weighted by Crippen LogP contribution is -2.16. The van der Waals surface area contributed by atoms with E-state index in [0.717, 1.165) is 22.3 Å². The first-order valence-corrected chi connectivity index (χ1v) is 9.04. The number of alkyl halides is 3. The van der Waals surface area contributed by atoms with Crippen molar-refractivity contribution in [2.75, 3.05) is 0 Å². The van der Waals surface area contributed by atoms with Gasteiger partial charge in [0.05, 0.1) is 6.10 Å². The SMILES string of the molecule is OC(Cc1ccc(Cl)cc1)Cc1ccc(-c2ccc(OC(F)(F)F)cc2)cc1. The predicted octanol–water partition coefficient (Wildman–Crippen LogP) is 6.05. The molecule has 1 unspecified atom stereocenters. The minimum Gasteiger partial charge on any atom is -0.406 e. The van der Waals surface area contributed by atoms with Crippen LogP contribution in [0.5, 0.6) is 5.75 Å². The molecule has 0 bridgehead atoms. The van der Waals surface area contributed by atoms with Crippen LogP contribution in [0.25, 0.3) is 11.1 Å². The van der Waals surface area contributed by atoms with Crippen LogP contribution >= 0.6 is 11.6 Å². The molecule has 0 spiro atoms. The van der Waals surface area contributed by atoms with Crippen LogP contribution in [-0.4, -0.2) is 17.6 Å².